The monoisotopic (exact) mass is 315 g/mol. The van der Waals surface area contributed by atoms with Gasteiger partial charge in [0.2, 0.25) is 5.91 Å². The minimum atomic E-state index is -0.576. The molecule has 0 spiro atoms. The fourth-order valence-corrected chi connectivity index (χ4v) is 2.34. The van der Waals surface area contributed by atoms with Crippen LogP contribution >= 0.6 is 0 Å². The van der Waals surface area contributed by atoms with Crippen LogP contribution in [0.5, 0.6) is 0 Å². The highest BCUT2D eigenvalue weighted by Gasteiger charge is 2.17. The number of aromatic nitrogens is 1. The zero-order chi connectivity index (χ0) is 17.1. The molecule has 1 aromatic heterocycles. The summed E-state index contributed by atoms with van der Waals surface area (Å²) >= 11 is 0. The summed E-state index contributed by atoms with van der Waals surface area (Å²) in [6.07, 6.45) is 0. The van der Waals surface area contributed by atoms with Gasteiger partial charge in [-0.1, -0.05) is 17.7 Å². The van der Waals surface area contributed by atoms with Crippen molar-refractivity contribution in [3.8, 4) is 0 Å². The number of nitrogens with zero attached hydrogens (tertiary/aromatic N) is 2. The van der Waals surface area contributed by atoms with Crippen LogP contribution in [0.2, 0.25) is 0 Å². The summed E-state index contributed by atoms with van der Waals surface area (Å²) in [5.41, 5.74) is 2.13. The van der Waals surface area contributed by atoms with E-state index in [2.05, 4.69) is 5.32 Å². The molecule has 0 aliphatic carbocycles. The molecular formula is C16H17N3O4. The fraction of sp³-hybridized carbons (Fsp3) is 0.250. The van der Waals surface area contributed by atoms with Crippen LogP contribution in [0, 0.1) is 30.9 Å². The molecule has 0 fully saturated rings. The molecule has 1 N–H and O–H groups in total. The van der Waals surface area contributed by atoms with Gasteiger partial charge < -0.3 is 5.32 Å². The molecule has 0 unspecified atom stereocenters. The maximum atomic E-state index is 12.2. The van der Waals surface area contributed by atoms with E-state index < -0.39 is 16.4 Å². The topological polar surface area (TPSA) is 94.2 Å². The number of benzene rings is 1. The Hall–Kier alpha value is -2.96. The minimum Gasteiger partial charge on any atom is -0.324 e. The molecule has 2 aromatic rings. The molecule has 0 bridgehead atoms. The highest BCUT2D eigenvalue weighted by Crippen LogP contribution is 2.17. The second-order valence-corrected chi connectivity index (χ2v) is 5.35. The Morgan fingerprint density at radius 3 is 2.52 bits per heavy atom. The predicted octanol–water partition coefficient (Wildman–Crippen LogP) is 2.32. The summed E-state index contributed by atoms with van der Waals surface area (Å²) in [6.45, 7) is 4.99. The van der Waals surface area contributed by atoms with Gasteiger partial charge in [0.1, 0.15) is 6.54 Å². The first-order valence-electron chi connectivity index (χ1n) is 7.01. The quantitative estimate of drug-likeness (QED) is 0.692. The van der Waals surface area contributed by atoms with Crippen molar-refractivity contribution in [2.24, 2.45) is 0 Å². The lowest BCUT2D eigenvalue weighted by Crippen LogP contribution is -2.29. The zero-order valence-corrected chi connectivity index (χ0v) is 13.1. The van der Waals surface area contributed by atoms with Crippen LogP contribution in [0.4, 0.5) is 11.4 Å². The van der Waals surface area contributed by atoms with Gasteiger partial charge in [-0.25, -0.2) is 0 Å². The summed E-state index contributed by atoms with van der Waals surface area (Å²) in [5.74, 6) is -0.414. The van der Waals surface area contributed by atoms with Gasteiger partial charge in [-0.15, -0.1) is 0 Å². The number of amides is 1. The average molecular weight is 315 g/mol. The number of anilines is 1. The summed E-state index contributed by atoms with van der Waals surface area (Å²) in [7, 11) is 0. The van der Waals surface area contributed by atoms with Gasteiger partial charge >= 0.3 is 0 Å². The smallest absolute Gasteiger partial charge is 0.288 e. The van der Waals surface area contributed by atoms with Gasteiger partial charge in [-0.05, 0) is 32.4 Å². The molecule has 0 saturated carbocycles. The highest BCUT2D eigenvalue weighted by molar-refractivity contribution is 5.91. The number of aryl methyl sites for hydroxylation is 2. The number of nitro groups is 1. The number of pyridine rings is 1. The van der Waals surface area contributed by atoms with Gasteiger partial charge in [0, 0.05) is 17.8 Å². The van der Waals surface area contributed by atoms with Gasteiger partial charge in [0.25, 0.3) is 11.2 Å². The van der Waals surface area contributed by atoms with Gasteiger partial charge in [-0.2, -0.15) is 0 Å². The van der Waals surface area contributed by atoms with E-state index in [4.69, 9.17) is 0 Å². The van der Waals surface area contributed by atoms with Gasteiger partial charge in [0.05, 0.1) is 10.6 Å². The number of carbonyl (C=O) groups is 1. The van der Waals surface area contributed by atoms with Gasteiger partial charge in [-0.3, -0.25) is 24.3 Å². The maximum Gasteiger partial charge on any atom is 0.288 e. The number of rotatable bonds is 4. The van der Waals surface area contributed by atoms with Crippen LogP contribution in [0.25, 0.3) is 0 Å². The third kappa shape index (κ3) is 3.63. The van der Waals surface area contributed by atoms with E-state index in [1.54, 1.807) is 6.07 Å². The summed E-state index contributed by atoms with van der Waals surface area (Å²) in [4.78, 5) is 34.4. The zero-order valence-electron chi connectivity index (χ0n) is 13.1. The van der Waals surface area contributed by atoms with Crippen molar-refractivity contribution in [1.82, 2.24) is 4.57 Å². The van der Waals surface area contributed by atoms with Crippen molar-refractivity contribution in [2.75, 3.05) is 5.32 Å². The lowest BCUT2D eigenvalue weighted by atomic mass is 10.1. The standard InChI is InChI=1S/C16H17N3O4/c1-10-4-5-13(11(2)8-10)17-15(20)9-18-12(3)14(19(22)23)6-7-16(18)21/h4-8H,9H2,1-3H3,(H,17,20). The SMILES string of the molecule is Cc1ccc(NC(=O)Cn2c(C)c([N+](=O)[O-])ccc2=O)c(C)c1. The molecule has 0 atom stereocenters. The van der Waals surface area contributed by atoms with Crippen LogP contribution in [0.15, 0.2) is 35.1 Å². The van der Waals surface area contributed by atoms with E-state index in [1.807, 2.05) is 26.0 Å². The van der Waals surface area contributed by atoms with Crippen molar-refractivity contribution >= 4 is 17.3 Å². The van der Waals surface area contributed by atoms with Crippen LogP contribution in [-0.4, -0.2) is 15.4 Å². The molecule has 1 heterocycles. The number of carbonyl (C=O) groups excluding carboxylic acids is 1. The normalized spacial score (nSPS) is 10.4. The van der Waals surface area contributed by atoms with E-state index in [0.29, 0.717) is 5.69 Å². The van der Waals surface area contributed by atoms with Crippen molar-refractivity contribution in [2.45, 2.75) is 27.3 Å². The van der Waals surface area contributed by atoms with E-state index in [9.17, 15) is 19.7 Å². The van der Waals surface area contributed by atoms with Crippen molar-refractivity contribution < 1.29 is 9.72 Å². The molecule has 0 radical (unpaired) electrons. The third-order valence-corrected chi connectivity index (χ3v) is 3.58. The third-order valence-electron chi connectivity index (χ3n) is 3.58. The van der Waals surface area contributed by atoms with Crippen LogP contribution in [-0.2, 0) is 11.3 Å². The summed E-state index contributed by atoms with van der Waals surface area (Å²) in [6, 6.07) is 7.82. The molecule has 0 aliphatic heterocycles. The van der Waals surface area contributed by atoms with Crippen molar-refractivity contribution in [3.05, 3.63) is 67.6 Å². The Balaban J connectivity index is 2.25. The molecule has 7 nitrogen and oxygen atoms in total. The first-order valence-corrected chi connectivity index (χ1v) is 7.01. The molecule has 2 rings (SSSR count). The van der Waals surface area contributed by atoms with Crippen LogP contribution < -0.4 is 10.9 Å². The molecular weight excluding hydrogens is 298 g/mol. The molecule has 120 valence electrons. The first kappa shape index (κ1) is 16.4. The van der Waals surface area contributed by atoms with Gasteiger partial charge in [0.15, 0.2) is 0 Å². The molecule has 23 heavy (non-hydrogen) atoms. The molecule has 7 heteroatoms. The summed E-state index contributed by atoms with van der Waals surface area (Å²) in [5, 5.41) is 13.6. The van der Waals surface area contributed by atoms with E-state index in [-0.39, 0.29) is 17.9 Å². The van der Waals surface area contributed by atoms with Crippen molar-refractivity contribution in [3.63, 3.8) is 0 Å². The lowest BCUT2D eigenvalue weighted by molar-refractivity contribution is -0.386. The van der Waals surface area contributed by atoms with E-state index in [0.717, 1.165) is 27.8 Å². The van der Waals surface area contributed by atoms with E-state index in [1.165, 1.54) is 6.92 Å². The predicted molar refractivity (Wildman–Crippen MR) is 86.6 cm³/mol. The molecule has 0 aliphatic rings. The molecule has 1 amide bonds. The fourth-order valence-electron chi connectivity index (χ4n) is 2.34. The Morgan fingerprint density at radius 1 is 1.22 bits per heavy atom. The number of hydrogen-bond donors (Lipinski definition) is 1. The highest BCUT2D eigenvalue weighted by atomic mass is 16.6. The Bertz CT molecular complexity index is 840. The Morgan fingerprint density at radius 2 is 1.91 bits per heavy atom. The largest absolute Gasteiger partial charge is 0.324 e. The average Bonchev–Trinajstić information content (AvgIpc) is 2.46. The summed E-state index contributed by atoms with van der Waals surface area (Å²) < 4.78 is 1.09. The Labute approximate surface area is 132 Å². The van der Waals surface area contributed by atoms with Crippen LogP contribution in [0.1, 0.15) is 16.8 Å². The molecule has 1 aromatic carbocycles. The van der Waals surface area contributed by atoms with Crippen LogP contribution in [0.3, 0.4) is 0 Å². The maximum absolute atomic E-state index is 12.2. The minimum absolute atomic E-state index is 0.151. The Kier molecular flexibility index (Phi) is 4.59. The molecule has 0 saturated heterocycles. The van der Waals surface area contributed by atoms with E-state index >= 15 is 0 Å². The lowest BCUT2D eigenvalue weighted by Gasteiger charge is -2.12. The second kappa shape index (κ2) is 6.43. The number of hydrogen-bond acceptors (Lipinski definition) is 4. The first-order chi connectivity index (χ1) is 10.8. The second-order valence-electron chi connectivity index (χ2n) is 5.35. The number of nitrogens with one attached hydrogen (secondary N) is 1. The van der Waals surface area contributed by atoms with Crippen molar-refractivity contribution in [1.29, 1.82) is 0 Å².